The van der Waals surface area contributed by atoms with Gasteiger partial charge in [-0.15, -0.1) is 0 Å². The maximum atomic E-state index is 12.7. The van der Waals surface area contributed by atoms with E-state index in [0.29, 0.717) is 18.4 Å². The number of alkyl halides is 5. The van der Waals surface area contributed by atoms with Crippen LogP contribution in [0.4, 0.5) is 22.0 Å². The van der Waals surface area contributed by atoms with Gasteiger partial charge >= 0.3 is 12.1 Å². The fourth-order valence-electron chi connectivity index (χ4n) is 2.31. The first-order valence-corrected chi connectivity index (χ1v) is 8.80. The molecule has 1 aromatic carbocycles. The molecule has 1 N–H and O–H groups in total. The van der Waals surface area contributed by atoms with Crippen LogP contribution in [0.15, 0.2) is 23.1 Å². The molecule has 24 heavy (non-hydrogen) atoms. The number of halogens is 5. The summed E-state index contributed by atoms with van der Waals surface area (Å²) in [5.41, 5.74) is 1.19. The van der Waals surface area contributed by atoms with Gasteiger partial charge in [0.2, 0.25) is 0 Å². The molecule has 0 bridgehead atoms. The summed E-state index contributed by atoms with van der Waals surface area (Å²) in [7, 11) is -4.36. The Labute approximate surface area is 137 Å². The lowest BCUT2D eigenvalue weighted by Crippen LogP contribution is -2.36. The van der Waals surface area contributed by atoms with E-state index in [1.54, 1.807) is 13.0 Å². The number of hydrogen-bond acceptors (Lipinski definition) is 2. The van der Waals surface area contributed by atoms with Gasteiger partial charge in [0.15, 0.2) is 0 Å². The molecule has 0 saturated heterocycles. The average molecular weight is 374 g/mol. The van der Waals surface area contributed by atoms with Crippen LogP contribution in [0, 0.1) is 6.92 Å². The number of hydrogen-bond donors (Lipinski definition) is 1. The average Bonchev–Trinajstić information content (AvgIpc) is 2.40. The molecule has 0 fully saturated rings. The van der Waals surface area contributed by atoms with Gasteiger partial charge < -0.3 is 0 Å². The highest BCUT2D eigenvalue weighted by Gasteiger charge is 2.56. The van der Waals surface area contributed by atoms with Crippen molar-refractivity contribution in [1.29, 1.82) is 0 Å². The van der Waals surface area contributed by atoms with Crippen molar-refractivity contribution in [2.24, 2.45) is 0 Å². The second kappa shape index (κ2) is 7.77. The Balaban J connectivity index is 2.49. The SMILES string of the molecule is Cc1ccc(S(=O)(=O)O)c(CCCCCCC(F)(F)C(F)(F)F)c1. The van der Waals surface area contributed by atoms with Crippen molar-refractivity contribution < 1.29 is 34.9 Å². The molecule has 0 aliphatic carbocycles. The number of benzene rings is 1. The molecular formula is C15H19F5O3S. The van der Waals surface area contributed by atoms with E-state index < -0.39 is 28.6 Å². The third-order valence-corrected chi connectivity index (χ3v) is 4.55. The van der Waals surface area contributed by atoms with E-state index in [2.05, 4.69) is 0 Å². The van der Waals surface area contributed by atoms with Crippen LogP contribution in [0.3, 0.4) is 0 Å². The standard InChI is InChI=1S/C15H19F5O3S/c1-11-7-8-13(24(21,22)23)12(10-11)6-4-2-3-5-9-14(16,17)15(18,19)20/h7-8,10H,2-6,9H2,1H3,(H,21,22,23). The Bertz CT molecular complexity index is 654. The summed E-state index contributed by atoms with van der Waals surface area (Å²) in [6.45, 7) is 1.75. The van der Waals surface area contributed by atoms with Crippen LogP contribution in [0.2, 0.25) is 0 Å². The predicted octanol–water partition coefficient (Wildman–Crippen LogP) is 4.93. The summed E-state index contributed by atoms with van der Waals surface area (Å²) >= 11 is 0. The van der Waals surface area contributed by atoms with Gasteiger partial charge in [0.1, 0.15) is 0 Å². The summed E-state index contributed by atoms with van der Waals surface area (Å²) in [5.74, 6) is -4.68. The van der Waals surface area contributed by atoms with Crippen LogP contribution >= 0.6 is 0 Å². The lowest BCUT2D eigenvalue weighted by Gasteiger charge is -2.19. The normalized spacial score (nSPS) is 13.3. The highest BCUT2D eigenvalue weighted by Crippen LogP contribution is 2.39. The highest BCUT2D eigenvalue weighted by molar-refractivity contribution is 7.85. The van der Waals surface area contributed by atoms with Gasteiger partial charge in [-0.1, -0.05) is 30.5 Å². The van der Waals surface area contributed by atoms with Crippen molar-refractivity contribution in [1.82, 2.24) is 0 Å². The van der Waals surface area contributed by atoms with Gasteiger partial charge in [0.05, 0.1) is 4.90 Å². The first-order chi connectivity index (χ1) is 10.8. The van der Waals surface area contributed by atoms with Crippen LogP contribution in [0.5, 0.6) is 0 Å². The Kier molecular flexibility index (Phi) is 6.75. The van der Waals surface area contributed by atoms with Crippen LogP contribution in [-0.4, -0.2) is 25.1 Å². The van der Waals surface area contributed by atoms with Crippen LogP contribution in [-0.2, 0) is 16.5 Å². The van der Waals surface area contributed by atoms with Gasteiger partial charge in [-0.25, -0.2) is 0 Å². The molecule has 0 unspecified atom stereocenters. The predicted molar refractivity (Wildman–Crippen MR) is 78.8 cm³/mol. The lowest BCUT2D eigenvalue weighted by atomic mass is 10.0. The van der Waals surface area contributed by atoms with E-state index in [-0.39, 0.29) is 24.2 Å². The zero-order valence-corrected chi connectivity index (χ0v) is 13.9. The van der Waals surface area contributed by atoms with Crippen molar-refractivity contribution in [3.8, 4) is 0 Å². The monoisotopic (exact) mass is 374 g/mol. The Morgan fingerprint density at radius 3 is 2.12 bits per heavy atom. The fraction of sp³-hybridized carbons (Fsp3) is 0.600. The number of unbranched alkanes of at least 4 members (excludes halogenated alkanes) is 3. The minimum atomic E-state index is -5.53. The number of aryl methyl sites for hydroxylation is 2. The van der Waals surface area contributed by atoms with Gasteiger partial charge in [-0.05, 0) is 37.8 Å². The van der Waals surface area contributed by atoms with E-state index >= 15 is 0 Å². The highest BCUT2D eigenvalue weighted by atomic mass is 32.2. The Morgan fingerprint density at radius 2 is 1.58 bits per heavy atom. The van der Waals surface area contributed by atoms with Crippen LogP contribution in [0.1, 0.15) is 43.2 Å². The maximum absolute atomic E-state index is 12.7. The molecule has 1 aromatic rings. The molecule has 0 saturated carbocycles. The molecule has 0 aliphatic rings. The van der Waals surface area contributed by atoms with Crippen molar-refractivity contribution >= 4 is 10.1 Å². The Hall–Kier alpha value is -1.22. The summed E-state index contributed by atoms with van der Waals surface area (Å²) in [6, 6.07) is 4.41. The van der Waals surface area contributed by atoms with Gasteiger partial charge in [0.25, 0.3) is 10.1 Å². The van der Waals surface area contributed by atoms with Gasteiger partial charge in [-0.2, -0.15) is 30.4 Å². The van der Waals surface area contributed by atoms with E-state index in [9.17, 15) is 30.4 Å². The molecular weight excluding hydrogens is 355 g/mol. The molecule has 0 radical (unpaired) electrons. The smallest absolute Gasteiger partial charge is 0.282 e. The second-order valence-electron chi connectivity index (χ2n) is 5.70. The number of rotatable bonds is 8. The molecule has 138 valence electrons. The van der Waals surface area contributed by atoms with Crippen molar-refractivity contribution in [3.63, 3.8) is 0 Å². The second-order valence-corrected chi connectivity index (χ2v) is 7.09. The molecule has 0 atom stereocenters. The largest absolute Gasteiger partial charge is 0.453 e. The molecule has 0 spiro atoms. The topological polar surface area (TPSA) is 54.4 Å². The summed E-state index contributed by atoms with van der Waals surface area (Å²) in [4.78, 5) is -0.211. The van der Waals surface area contributed by atoms with Gasteiger partial charge in [-0.3, -0.25) is 4.55 Å². The summed E-state index contributed by atoms with van der Waals surface area (Å²) < 4.78 is 93.1. The minimum Gasteiger partial charge on any atom is -0.282 e. The lowest BCUT2D eigenvalue weighted by molar-refractivity contribution is -0.284. The van der Waals surface area contributed by atoms with Gasteiger partial charge in [0, 0.05) is 6.42 Å². The molecule has 1 rings (SSSR count). The zero-order valence-electron chi connectivity index (χ0n) is 13.0. The summed E-state index contributed by atoms with van der Waals surface area (Å²) in [6.07, 6.45) is -5.79. The van der Waals surface area contributed by atoms with Crippen molar-refractivity contribution in [2.45, 2.75) is 62.4 Å². The molecule has 9 heteroatoms. The van der Waals surface area contributed by atoms with E-state index in [1.165, 1.54) is 12.1 Å². The summed E-state index contributed by atoms with van der Waals surface area (Å²) in [5, 5.41) is 0. The first-order valence-electron chi connectivity index (χ1n) is 7.36. The van der Waals surface area contributed by atoms with E-state index in [0.717, 1.165) is 5.56 Å². The fourth-order valence-corrected chi connectivity index (χ4v) is 3.05. The first kappa shape index (κ1) is 20.8. The quantitative estimate of drug-likeness (QED) is 0.399. The third kappa shape index (κ3) is 6.01. The minimum absolute atomic E-state index is 0.179. The van der Waals surface area contributed by atoms with Crippen molar-refractivity contribution in [3.05, 3.63) is 29.3 Å². The maximum Gasteiger partial charge on any atom is 0.453 e. The van der Waals surface area contributed by atoms with Crippen molar-refractivity contribution in [2.75, 3.05) is 0 Å². The van der Waals surface area contributed by atoms with E-state index in [4.69, 9.17) is 4.55 Å². The van der Waals surface area contributed by atoms with E-state index in [1.807, 2.05) is 0 Å². The molecule has 0 aliphatic heterocycles. The molecule has 3 nitrogen and oxygen atoms in total. The Morgan fingerprint density at radius 1 is 1.00 bits per heavy atom. The van der Waals surface area contributed by atoms with Crippen LogP contribution in [0.25, 0.3) is 0 Å². The van der Waals surface area contributed by atoms with Crippen LogP contribution < -0.4 is 0 Å². The third-order valence-electron chi connectivity index (χ3n) is 3.60. The molecule has 0 heterocycles. The molecule has 0 aromatic heterocycles. The zero-order chi connectivity index (χ0) is 18.6. The molecule has 0 amide bonds.